The lowest BCUT2D eigenvalue weighted by Gasteiger charge is -2.29. The van der Waals surface area contributed by atoms with Crippen LogP contribution in [-0.4, -0.2) is 11.9 Å². The van der Waals surface area contributed by atoms with E-state index >= 15 is 0 Å². The third-order valence-electron chi connectivity index (χ3n) is 4.27. The van der Waals surface area contributed by atoms with E-state index in [2.05, 4.69) is 0 Å². The summed E-state index contributed by atoms with van der Waals surface area (Å²) in [4.78, 5) is 13.7. The molecule has 0 spiro atoms. The molecule has 0 N–H and O–H groups in total. The summed E-state index contributed by atoms with van der Waals surface area (Å²) in [6.45, 7) is 0. The summed E-state index contributed by atoms with van der Waals surface area (Å²) in [6, 6.07) is 4.93. The smallest absolute Gasteiger partial charge is 0.309 e. The van der Waals surface area contributed by atoms with Crippen molar-refractivity contribution in [3.05, 3.63) is 41.5 Å². The molecule has 0 bridgehead atoms. The quantitative estimate of drug-likeness (QED) is 0.743. The minimum atomic E-state index is -4.62. The molecular formula is C16H13F3N2O. The first kappa shape index (κ1) is 14.6. The number of carbonyl (C=O) groups is 1. The number of halogens is 3. The third-order valence-corrected chi connectivity index (χ3v) is 4.27. The van der Waals surface area contributed by atoms with Crippen molar-refractivity contribution in [3.8, 4) is 6.07 Å². The Morgan fingerprint density at radius 1 is 1.23 bits per heavy atom. The van der Waals surface area contributed by atoms with Crippen LogP contribution in [0.25, 0.3) is 0 Å². The first-order valence-corrected chi connectivity index (χ1v) is 7.00. The Kier molecular flexibility index (Phi) is 3.44. The van der Waals surface area contributed by atoms with Gasteiger partial charge in [-0.25, -0.2) is 0 Å². The molecule has 1 fully saturated rings. The van der Waals surface area contributed by atoms with Crippen LogP contribution in [0.3, 0.4) is 0 Å². The van der Waals surface area contributed by atoms with Gasteiger partial charge in [0.1, 0.15) is 0 Å². The molecule has 3 rings (SSSR count). The molecule has 1 heterocycles. The second kappa shape index (κ2) is 5.16. The second-order valence-electron chi connectivity index (χ2n) is 5.58. The number of alkyl halides is 3. The molecular weight excluding hydrogens is 293 g/mol. The minimum absolute atomic E-state index is 0.0912. The molecule has 2 atom stereocenters. The highest BCUT2D eigenvalue weighted by molar-refractivity contribution is 5.97. The second-order valence-corrected chi connectivity index (χ2v) is 5.58. The molecule has 1 aromatic rings. The summed E-state index contributed by atoms with van der Waals surface area (Å²) in [5, 5.41) is 8.84. The predicted octanol–water partition coefficient (Wildman–Crippen LogP) is 3.65. The zero-order valence-electron chi connectivity index (χ0n) is 11.6. The zero-order valence-corrected chi connectivity index (χ0v) is 11.6. The molecule has 114 valence electrons. The van der Waals surface area contributed by atoms with Crippen molar-refractivity contribution >= 4 is 11.6 Å². The number of amides is 1. The lowest BCUT2D eigenvalue weighted by Crippen LogP contribution is -2.36. The van der Waals surface area contributed by atoms with Crippen molar-refractivity contribution in [3.63, 3.8) is 0 Å². The maximum Gasteiger partial charge on any atom is 0.417 e. The number of nitrogens with zero attached hydrogens (tertiary/aromatic N) is 2. The van der Waals surface area contributed by atoms with Crippen LogP contribution in [0.2, 0.25) is 0 Å². The average molecular weight is 306 g/mol. The van der Waals surface area contributed by atoms with Crippen LogP contribution in [0.1, 0.15) is 30.4 Å². The van der Waals surface area contributed by atoms with Gasteiger partial charge in [0.05, 0.1) is 17.2 Å². The molecule has 1 aliphatic carbocycles. The maximum absolute atomic E-state index is 13.1. The van der Waals surface area contributed by atoms with E-state index in [1.54, 1.807) is 6.07 Å². The molecule has 0 radical (unpaired) electrons. The monoisotopic (exact) mass is 306 g/mol. The van der Waals surface area contributed by atoms with Gasteiger partial charge in [0.25, 0.3) is 0 Å². The number of rotatable bonds is 1. The highest BCUT2D eigenvalue weighted by atomic mass is 19.4. The van der Waals surface area contributed by atoms with Crippen molar-refractivity contribution in [2.45, 2.75) is 31.5 Å². The molecule has 1 aliphatic heterocycles. The number of benzene rings is 1. The highest BCUT2D eigenvalue weighted by Gasteiger charge is 2.41. The van der Waals surface area contributed by atoms with Crippen LogP contribution in [-0.2, 0) is 11.0 Å². The highest BCUT2D eigenvalue weighted by Crippen LogP contribution is 2.40. The Balaban J connectivity index is 2.03. The van der Waals surface area contributed by atoms with Crippen LogP contribution in [0.4, 0.5) is 18.9 Å². The van der Waals surface area contributed by atoms with Crippen molar-refractivity contribution in [1.29, 1.82) is 5.26 Å². The number of allylic oxidation sites excluding steroid dienone is 1. The number of fused-ring (bicyclic) bond motifs is 1. The molecule has 2 aliphatic rings. The van der Waals surface area contributed by atoms with Gasteiger partial charge < -0.3 is 4.90 Å². The van der Waals surface area contributed by atoms with Gasteiger partial charge in [-0.3, -0.25) is 4.79 Å². The van der Waals surface area contributed by atoms with Crippen LogP contribution in [0, 0.1) is 17.2 Å². The Bertz CT molecular complexity index is 688. The molecule has 3 nitrogen and oxygen atoms in total. The van der Waals surface area contributed by atoms with E-state index in [1.807, 2.05) is 12.2 Å². The average Bonchev–Trinajstić information content (AvgIpc) is 2.81. The van der Waals surface area contributed by atoms with Gasteiger partial charge in [-0.2, -0.15) is 18.4 Å². The fraction of sp³-hybridized carbons (Fsp3) is 0.375. The molecule has 0 saturated carbocycles. The van der Waals surface area contributed by atoms with E-state index in [0.29, 0.717) is 12.8 Å². The van der Waals surface area contributed by atoms with E-state index in [0.717, 1.165) is 18.6 Å². The zero-order chi connectivity index (χ0) is 15.9. The first-order valence-electron chi connectivity index (χ1n) is 7.00. The lowest BCUT2D eigenvalue weighted by molar-refractivity contribution is -0.137. The summed E-state index contributed by atoms with van der Waals surface area (Å²) >= 11 is 0. The van der Waals surface area contributed by atoms with E-state index in [4.69, 9.17) is 5.26 Å². The standard InChI is InChI=1S/C16H13F3N2O/c17-16(18,19)13-8-12(6-5-11(13)9-20)21-14-4-2-1-3-10(14)7-15(21)22/h1-2,5-6,8,10,14H,3-4,7H2/t10-,14+/m1/s1. The molecule has 1 aromatic carbocycles. The Labute approximate surface area is 125 Å². The number of hydrogen-bond donors (Lipinski definition) is 0. The normalized spacial score (nSPS) is 24.3. The van der Waals surface area contributed by atoms with Crippen molar-refractivity contribution < 1.29 is 18.0 Å². The van der Waals surface area contributed by atoms with Crippen LogP contribution >= 0.6 is 0 Å². The van der Waals surface area contributed by atoms with Gasteiger partial charge in [0, 0.05) is 18.2 Å². The van der Waals surface area contributed by atoms with Crippen molar-refractivity contribution in [2.24, 2.45) is 5.92 Å². The Morgan fingerprint density at radius 2 is 1.95 bits per heavy atom. The van der Waals surface area contributed by atoms with Gasteiger partial charge in [-0.05, 0) is 37.0 Å². The summed E-state index contributed by atoms with van der Waals surface area (Å²) < 4.78 is 39.2. The van der Waals surface area contributed by atoms with E-state index in [1.165, 1.54) is 11.0 Å². The molecule has 0 aromatic heterocycles. The summed E-state index contributed by atoms with van der Waals surface area (Å²) in [5.74, 6) is -0.000915. The summed E-state index contributed by atoms with van der Waals surface area (Å²) in [7, 11) is 0. The first-order chi connectivity index (χ1) is 10.4. The van der Waals surface area contributed by atoms with E-state index < -0.39 is 17.3 Å². The molecule has 6 heteroatoms. The van der Waals surface area contributed by atoms with Crippen LogP contribution < -0.4 is 4.90 Å². The van der Waals surface area contributed by atoms with Gasteiger partial charge in [0.2, 0.25) is 5.91 Å². The minimum Gasteiger partial charge on any atom is -0.309 e. The number of anilines is 1. The van der Waals surface area contributed by atoms with Gasteiger partial charge in [-0.15, -0.1) is 0 Å². The molecule has 0 unspecified atom stereocenters. The van der Waals surface area contributed by atoms with Gasteiger partial charge in [-0.1, -0.05) is 12.2 Å². The van der Waals surface area contributed by atoms with Crippen molar-refractivity contribution in [1.82, 2.24) is 0 Å². The van der Waals surface area contributed by atoms with Crippen LogP contribution in [0.5, 0.6) is 0 Å². The SMILES string of the molecule is N#Cc1ccc(N2C(=O)C[C@H]3CC=CC[C@@H]32)cc1C(F)(F)F. The molecule has 1 saturated heterocycles. The van der Waals surface area contributed by atoms with E-state index in [9.17, 15) is 18.0 Å². The summed E-state index contributed by atoms with van der Waals surface area (Å²) in [5.41, 5.74) is -1.20. The fourth-order valence-corrected chi connectivity index (χ4v) is 3.25. The number of carbonyl (C=O) groups excluding carboxylic acids is 1. The van der Waals surface area contributed by atoms with Gasteiger partial charge in [0.15, 0.2) is 0 Å². The third kappa shape index (κ3) is 2.37. The Morgan fingerprint density at radius 3 is 2.64 bits per heavy atom. The summed E-state index contributed by atoms with van der Waals surface area (Å²) in [6.07, 6.45) is 1.14. The Hall–Kier alpha value is -2.29. The van der Waals surface area contributed by atoms with Crippen molar-refractivity contribution in [2.75, 3.05) is 4.90 Å². The number of hydrogen-bond acceptors (Lipinski definition) is 2. The topological polar surface area (TPSA) is 44.1 Å². The number of nitriles is 1. The predicted molar refractivity (Wildman–Crippen MR) is 73.9 cm³/mol. The maximum atomic E-state index is 13.1. The van der Waals surface area contributed by atoms with Gasteiger partial charge >= 0.3 is 6.18 Å². The van der Waals surface area contributed by atoms with E-state index in [-0.39, 0.29) is 23.6 Å². The molecule has 22 heavy (non-hydrogen) atoms. The molecule has 1 amide bonds. The lowest BCUT2D eigenvalue weighted by atomic mass is 9.89. The van der Waals surface area contributed by atoms with Crippen LogP contribution in [0.15, 0.2) is 30.4 Å². The largest absolute Gasteiger partial charge is 0.417 e. The fourth-order valence-electron chi connectivity index (χ4n) is 3.25.